The Morgan fingerprint density at radius 2 is 2.25 bits per heavy atom. The number of nitrogens with two attached hydrogens (primary N) is 1. The number of pyridine rings is 1. The molecule has 4 nitrogen and oxygen atoms in total. The zero-order valence-corrected chi connectivity index (χ0v) is 9.84. The Labute approximate surface area is 99.2 Å². The van der Waals surface area contributed by atoms with Crippen LogP contribution in [0.25, 0.3) is 0 Å². The minimum absolute atomic E-state index is 0.133. The summed E-state index contributed by atoms with van der Waals surface area (Å²) in [5.74, 6) is -0.133. The van der Waals surface area contributed by atoms with Crippen LogP contribution >= 0.6 is 11.6 Å². The highest BCUT2D eigenvalue weighted by atomic mass is 35.5. The zero-order chi connectivity index (χ0) is 11.8. The third kappa shape index (κ3) is 2.03. The van der Waals surface area contributed by atoms with E-state index in [1.165, 1.54) is 0 Å². The average Bonchev–Trinajstić information content (AvgIpc) is 2.18. The zero-order valence-electron chi connectivity index (χ0n) is 9.09. The maximum absolute atomic E-state index is 11.9. The highest BCUT2D eigenvalue weighted by Crippen LogP contribution is 2.30. The summed E-state index contributed by atoms with van der Waals surface area (Å²) >= 11 is 5.73. The third-order valence-corrected chi connectivity index (χ3v) is 3.21. The van der Waals surface area contributed by atoms with Crippen LogP contribution in [0.4, 0.5) is 5.69 Å². The van der Waals surface area contributed by atoms with Gasteiger partial charge in [-0.3, -0.25) is 4.79 Å². The number of nitrogens with zero attached hydrogens (tertiary/aromatic N) is 1. The summed E-state index contributed by atoms with van der Waals surface area (Å²) in [6, 6.07) is 3.39. The molecule has 5 heteroatoms. The van der Waals surface area contributed by atoms with Gasteiger partial charge in [0.25, 0.3) is 0 Å². The van der Waals surface area contributed by atoms with E-state index in [1.54, 1.807) is 19.1 Å². The highest BCUT2D eigenvalue weighted by Gasteiger charge is 2.40. The van der Waals surface area contributed by atoms with Crippen molar-refractivity contribution in [1.82, 2.24) is 4.98 Å². The highest BCUT2D eigenvalue weighted by molar-refractivity contribution is 6.29. The largest absolute Gasteiger partial charge is 0.323 e. The van der Waals surface area contributed by atoms with E-state index >= 15 is 0 Å². The predicted molar refractivity (Wildman–Crippen MR) is 63.4 cm³/mol. The monoisotopic (exact) mass is 239 g/mol. The molecule has 0 spiro atoms. The summed E-state index contributed by atoms with van der Waals surface area (Å²) in [4.78, 5) is 15.9. The van der Waals surface area contributed by atoms with Crippen LogP contribution in [-0.4, -0.2) is 16.4 Å². The number of halogens is 1. The maximum Gasteiger partial charge on any atom is 0.244 e. The van der Waals surface area contributed by atoms with Gasteiger partial charge in [-0.25, -0.2) is 4.98 Å². The second-order valence-electron chi connectivity index (χ2n) is 4.23. The van der Waals surface area contributed by atoms with Crippen molar-refractivity contribution < 1.29 is 4.79 Å². The summed E-state index contributed by atoms with van der Waals surface area (Å²) in [6.07, 6.45) is 2.51. The molecule has 1 saturated carbocycles. The minimum Gasteiger partial charge on any atom is -0.323 e. The van der Waals surface area contributed by atoms with Gasteiger partial charge in [0.15, 0.2) is 0 Å². The first-order chi connectivity index (χ1) is 7.51. The molecule has 1 heterocycles. The maximum atomic E-state index is 11.9. The molecule has 86 valence electrons. The van der Waals surface area contributed by atoms with Crippen molar-refractivity contribution in [1.29, 1.82) is 0 Å². The third-order valence-electron chi connectivity index (χ3n) is 3.00. The van der Waals surface area contributed by atoms with Gasteiger partial charge >= 0.3 is 0 Å². The molecule has 3 N–H and O–H groups in total. The molecule has 1 aliphatic rings. The lowest BCUT2D eigenvalue weighted by atomic mass is 9.77. The molecule has 0 bridgehead atoms. The van der Waals surface area contributed by atoms with Gasteiger partial charge < -0.3 is 11.1 Å². The molecule has 16 heavy (non-hydrogen) atoms. The van der Waals surface area contributed by atoms with E-state index in [2.05, 4.69) is 10.3 Å². The van der Waals surface area contributed by atoms with Gasteiger partial charge in [-0.1, -0.05) is 11.6 Å². The first kappa shape index (κ1) is 11.4. The second-order valence-corrected chi connectivity index (χ2v) is 4.62. The average molecular weight is 240 g/mol. The van der Waals surface area contributed by atoms with Gasteiger partial charge in [-0.05, 0) is 38.3 Å². The molecule has 0 radical (unpaired) electrons. The Hall–Kier alpha value is -1.13. The molecule has 0 aromatic carbocycles. The molecule has 0 aliphatic heterocycles. The van der Waals surface area contributed by atoms with Crippen LogP contribution in [-0.2, 0) is 4.79 Å². The number of hydrogen-bond acceptors (Lipinski definition) is 3. The van der Waals surface area contributed by atoms with Crippen molar-refractivity contribution in [3.8, 4) is 0 Å². The standard InChI is InChI=1S/C11H14ClN3O/c1-7-8(3-4-9(12)14-7)15-10(16)11(13)5-2-6-11/h3-4H,2,5-6,13H2,1H3,(H,15,16). The summed E-state index contributed by atoms with van der Waals surface area (Å²) in [7, 11) is 0. The fraction of sp³-hybridized carbons (Fsp3) is 0.455. The van der Waals surface area contributed by atoms with E-state index in [0.29, 0.717) is 16.5 Å². The quantitative estimate of drug-likeness (QED) is 0.775. The number of carbonyl (C=O) groups excluding carboxylic acids is 1. The molecular weight excluding hydrogens is 226 g/mol. The van der Waals surface area contributed by atoms with E-state index in [0.717, 1.165) is 19.3 Å². The molecule has 1 amide bonds. The molecule has 0 atom stereocenters. The number of aryl methyl sites for hydroxylation is 1. The van der Waals surface area contributed by atoms with Crippen LogP contribution in [0.3, 0.4) is 0 Å². The first-order valence-corrected chi connectivity index (χ1v) is 5.62. The number of rotatable bonds is 2. The Balaban J connectivity index is 2.12. The van der Waals surface area contributed by atoms with Crippen LogP contribution in [0.2, 0.25) is 5.15 Å². The van der Waals surface area contributed by atoms with Crippen molar-refractivity contribution in [2.45, 2.75) is 31.7 Å². The lowest BCUT2D eigenvalue weighted by molar-refractivity contribution is -0.123. The predicted octanol–water partition coefficient (Wildman–Crippen LogP) is 1.86. The molecule has 1 fully saturated rings. The lowest BCUT2D eigenvalue weighted by Crippen LogP contribution is -2.56. The Morgan fingerprint density at radius 3 is 2.75 bits per heavy atom. The van der Waals surface area contributed by atoms with E-state index in [-0.39, 0.29) is 5.91 Å². The number of amides is 1. The van der Waals surface area contributed by atoms with Crippen LogP contribution < -0.4 is 11.1 Å². The van der Waals surface area contributed by atoms with Gasteiger partial charge in [-0.15, -0.1) is 0 Å². The van der Waals surface area contributed by atoms with E-state index in [4.69, 9.17) is 17.3 Å². The fourth-order valence-corrected chi connectivity index (χ4v) is 1.88. The van der Waals surface area contributed by atoms with Crippen molar-refractivity contribution >= 4 is 23.2 Å². The Kier molecular flexibility index (Phi) is 2.86. The molecule has 0 saturated heterocycles. The number of nitrogens with one attached hydrogen (secondary N) is 1. The Bertz CT molecular complexity index is 429. The molecule has 1 aromatic rings. The number of anilines is 1. The molecule has 1 aromatic heterocycles. The normalized spacial score (nSPS) is 17.7. The number of carbonyl (C=O) groups is 1. The van der Waals surface area contributed by atoms with Crippen LogP contribution in [0.15, 0.2) is 12.1 Å². The topological polar surface area (TPSA) is 68.0 Å². The second kappa shape index (κ2) is 4.03. The fourth-order valence-electron chi connectivity index (χ4n) is 1.69. The van der Waals surface area contributed by atoms with Crippen LogP contribution in [0.5, 0.6) is 0 Å². The van der Waals surface area contributed by atoms with Crippen LogP contribution in [0, 0.1) is 6.92 Å². The summed E-state index contributed by atoms with van der Waals surface area (Å²) in [5.41, 5.74) is 6.60. The van der Waals surface area contributed by atoms with E-state index in [1.807, 2.05) is 0 Å². The van der Waals surface area contributed by atoms with Gasteiger partial charge in [0.1, 0.15) is 5.15 Å². The van der Waals surface area contributed by atoms with Crippen molar-refractivity contribution in [3.63, 3.8) is 0 Å². The van der Waals surface area contributed by atoms with Crippen molar-refractivity contribution in [2.75, 3.05) is 5.32 Å². The van der Waals surface area contributed by atoms with Crippen molar-refractivity contribution in [2.24, 2.45) is 5.73 Å². The van der Waals surface area contributed by atoms with Crippen molar-refractivity contribution in [3.05, 3.63) is 23.0 Å². The Morgan fingerprint density at radius 1 is 1.56 bits per heavy atom. The first-order valence-electron chi connectivity index (χ1n) is 5.25. The lowest BCUT2D eigenvalue weighted by Gasteiger charge is -2.36. The summed E-state index contributed by atoms with van der Waals surface area (Å²) in [5, 5.41) is 3.21. The van der Waals surface area contributed by atoms with Crippen LogP contribution in [0.1, 0.15) is 25.0 Å². The molecule has 0 unspecified atom stereocenters. The summed E-state index contributed by atoms with van der Waals surface area (Å²) in [6.45, 7) is 1.80. The van der Waals surface area contributed by atoms with E-state index in [9.17, 15) is 4.79 Å². The molecule has 1 aliphatic carbocycles. The van der Waals surface area contributed by atoms with E-state index < -0.39 is 5.54 Å². The molecular formula is C11H14ClN3O. The molecule has 2 rings (SSSR count). The number of hydrogen-bond donors (Lipinski definition) is 2. The van der Waals surface area contributed by atoms with Gasteiger partial charge in [0.2, 0.25) is 5.91 Å². The minimum atomic E-state index is -0.688. The number of aromatic nitrogens is 1. The van der Waals surface area contributed by atoms with Gasteiger partial charge in [-0.2, -0.15) is 0 Å². The van der Waals surface area contributed by atoms with Gasteiger partial charge in [0.05, 0.1) is 16.9 Å². The summed E-state index contributed by atoms with van der Waals surface area (Å²) < 4.78 is 0. The smallest absolute Gasteiger partial charge is 0.244 e. The SMILES string of the molecule is Cc1nc(Cl)ccc1NC(=O)C1(N)CCC1. The van der Waals surface area contributed by atoms with Gasteiger partial charge in [0, 0.05) is 0 Å².